The minimum absolute atomic E-state index is 0.0499. The van der Waals surface area contributed by atoms with Crippen LogP contribution in [-0.2, 0) is 15.0 Å². The predicted octanol–water partition coefficient (Wildman–Crippen LogP) is 3.42. The van der Waals surface area contributed by atoms with Crippen LogP contribution in [0.15, 0.2) is 18.2 Å². The first-order valence-electron chi connectivity index (χ1n) is 9.08. The van der Waals surface area contributed by atoms with E-state index in [4.69, 9.17) is 28.3 Å². The summed E-state index contributed by atoms with van der Waals surface area (Å²) in [5.41, 5.74) is 0.185. The van der Waals surface area contributed by atoms with E-state index in [1.165, 1.54) is 0 Å². The number of halogens is 2. The van der Waals surface area contributed by atoms with Gasteiger partial charge in [-0.2, -0.15) is 0 Å². The monoisotopic (exact) mass is 398 g/mol. The number of rotatable bonds is 6. The Labute approximate surface area is 163 Å². The van der Waals surface area contributed by atoms with Gasteiger partial charge in [-0.3, -0.25) is 14.5 Å². The minimum atomic E-state index is -0.810. The molecule has 5 nitrogen and oxygen atoms in total. The molecule has 142 valence electrons. The largest absolute Gasteiger partial charge is 0.480 e. The molecule has 1 saturated carbocycles. The summed E-state index contributed by atoms with van der Waals surface area (Å²) in [6.45, 7) is 4.00. The van der Waals surface area contributed by atoms with E-state index < -0.39 is 11.4 Å². The summed E-state index contributed by atoms with van der Waals surface area (Å²) in [6, 6.07) is 5.57. The molecule has 2 fully saturated rings. The van der Waals surface area contributed by atoms with Crippen molar-refractivity contribution in [3.8, 4) is 0 Å². The number of amides is 1. The average Bonchev–Trinajstić information content (AvgIpc) is 3.40. The molecular weight excluding hydrogens is 375 g/mol. The van der Waals surface area contributed by atoms with Crippen molar-refractivity contribution in [2.75, 3.05) is 26.2 Å². The smallest absolute Gasteiger partial charge is 0.317 e. The first kappa shape index (κ1) is 19.5. The molecule has 1 aromatic carbocycles. The van der Waals surface area contributed by atoms with Gasteiger partial charge >= 0.3 is 5.97 Å². The number of likely N-dealkylation sites (tertiary alicyclic amines) is 1. The van der Waals surface area contributed by atoms with Crippen LogP contribution in [-0.4, -0.2) is 59.0 Å². The Hall–Kier alpha value is -1.30. The molecule has 1 aliphatic carbocycles. The molecule has 1 N–H and O–H groups in total. The zero-order valence-corrected chi connectivity index (χ0v) is 16.4. The molecule has 7 heteroatoms. The normalized spacial score (nSPS) is 19.6. The standard InChI is InChI=1S/C19H24Cl2N2O3/c1-2-22(12-16(24)25)13-6-10-23(11-7-13)18(26)19(8-9-19)17-14(20)4-3-5-15(17)21/h3-5,13H,2,6-12H2,1H3,(H,24,25). The number of hydrogen-bond acceptors (Lipinski definition) is 3. The van der Waals surface area contributed by atoms with Crippen LogP contribution in [0.4, 0.5) is 0 Å². The van der Waals surface area contributed by atoms with Crippen molar-refractivity contribution >= 4 is 35.1 Å². The summed E-state index contributed by atoms with van der Waals surface area (Å²) in [7, 11) is 0. The van der Waals surface area contributed by atoms with E-state index in [-0.39, 0.29) is 18.5 Å². The molecule has 1 aliphatic heterocycles. The van der Waals surface area contributed by atoms with Crippen LogP contribution in [0.5, 0.6) is 0 Å². The van der Waals surface area contributed by atoms with Crippen LogP contribution < -0.4 is 0 Å². The molecule has 1 saturated heterocycles. The van der Waals surface area contributed by atoms with Gasteiger partial charge in [-0.1, -0.05) is 36.2 Å². The van der Waals surface area contributed by atoms with Gasteiger partial charge in [0.1, 0.15) is 0 Å². The minimum Gasteiger partial charge on any atom is -0.480 e. The molecule has 1 aromatic rings. The summed E-state index contributed by atoms with van der Waals surface area (Å²) in [6.07, 6.45) is 3.13. The molecule has 2 aliphatic rings. The lowest BCUT2D eigenvalue weighted by molar-refractivity contribution is -0.140. The Morgan fingerprint density at radius 2 is 1.81 bits per heavy atom. The highest BCUT2D eigenvalue weighted by molar-refractivity contribution is 6.36. The van der Waals surface area contributed by atoms with Gasteiger partial charge in [0.2, 0.25) is 5.91 Å². The van der Waals surface area contributed by atoms with Crippen molar-refractivity contribution in [2.45, 2.75) is 44.1 Å². The fraction of sp³-hybridized carbons (Fsp3) is 0.579. The van der Waals surface area contributed by atoms with Gasteiger partial charge in [0.05, 0.1) is 12.0 Å². The number of piperidine rings is 1. The summed E-state index contributed by atoms with van der Waals surface area (Å²) in [5.74, 6) is -0.706. The van der Waals surface area contributed by atoms with Gasteiger partial charge in [-0.25, -0.2) is 0 Å². The number of carboxylic acids is 1. The second kappa shape index (κ2) is 7.75. The molecular formula is C19H24Cl2N2O3. The number of hydrogen-bond donors (Lipinski definition) is 1. The average molecular weight is 399 g/mol. The molecule has 1 amide bonds. The molecule has 0 radical (unpaired) electrons. The van der Waals surface area contributed by atoms with Gasteiger partial charge in [0, 0.05) is 34.7 Å². The van der Waals surface area contributed by atoms with Crippen molar-refractivity contribution < 1.29 is 14.7 Å². The fourth-order valence-corrected chi connectivity index (χ4v) is 4.82. The maximum Gasteiger partial charge on any atom is 0.317 e. The molecule has 0 aromatic heterocycles. The van der Waals surface area contributed by atoms with Crippen LogP contribution in [0.25, 0.3) is 0 Å². The number of likely N-dealkylation sites (N-methyl/N-ethyl adjacent to an activating group) is 1. The van der Waals surface area contributed by atoms with E-state index in [2.05, 4.69) is 0 Å². The predicted molar refractivity (Wildman–Crippen MR) is 102 cm³/mol. The van der Waals surface area contributed by atoms with E-state index in [0.717, 1.165) is 31.2 Å². The summed E-state index contributed by atoms with van der Waals surface area (Å²) in [5, 5.41) is 10.2. The lowest BCUT2D eigenvalue weighted by Crippen LogP contribution is -2.50. The third kappa shape index (κ3) is 3.71. The fourth-order valence-electron chi connectivity index (χ4n) is 4.06. The Kier molecular flexibility index (Phi) is 5.80. The van der Waals surface area contributed by atoms with Gasteiger partial charge in [-0.15, -0.1) is 0 Å². The maximum absolute atomic E-state index is 13.2. The third-order valence-electron chi connectivity index (χ3n) is 5.61. The third-order valence-corrected chi connectivity index (χ3v) is 6.24. The molecule has 0 atom stereocenters. The topological polar surface area (TPSA) is 60.9 Å². The lowest BCUT2D eigenvalue weighted by Gasteiger charge is -2.39. The van der Waals surface area contributed by atoms with E-state index in [1.54, 1.807) is 18.2 Å². The molecule has 0 bridgehead atoms. The zero-order valence-electron chi connectivity index (χ0n) is 14.9. The highest BCUT2D eigenvalue weighted by Gasteiger charge is 2.55. The molecule has 1 heterocycles. The van der Waals surface area contributed by atoms with E-state index in [0.29, 0.717) is 29.7 Å². The zero-order chi connectivity index (χ0) is 18.9. The van der Waals surface area contributed by atoms with Gasteiger partial charge in [-0.05, 0) is 44.4 Å². The second-order valence-corrected chi connectivity index (χ2v) is 7.97. The molecule has 26 heavy (non-hydrogen) atoms. The number of carboxylic acid groups (broad SMARTS) is 1. The first-order valence-corrected chi connectivity index (χ1v) is 9.84. The van der Waals surface area contributed by atoms with E-state index in [9.17, 15) is 9.59 Å². The Bertz CT molecular complexity index is 678. The molecule has 3 rings (SSSR count). The lowest BCUT2D eigenvalue weighted by atomic mass is 9.92. The molecule has 0 unspecified atom stereocenters. The second-order valence-electron chi connectivity index (χ2n) is 7.16. The van der Waals surface area contributed by atoms with Crippen LogP contribution in [0.3, 0.4) is 0 Å². The van der Waals surface area contributed by atoms with Crippen LogP contribution >= 0.6 is 23.2 Å². The van der Waals surface area contributed by atoms with Crippen molar-refractivity contribution in [3.05, 3.63) is 33.8 Å². The van der Waals surface area contributed by atoms with Crippen molar-refractivity contribution in [3.63, 3.8) is 0 Å². The Morgan fingerprint density at radius 3 is 2.27 bits per heavy atom. The number of carbonyl (C=O) groups excluding carboxylic acids is 1. The van der Waals surface area contributed by atoms with Crippen molar-refractivity contribution in [1.29, 1.82) is 0 Å². The van der Waals surface area contributed by atoms with Crippen LogP contribution in [0, 0.1) is 0 Å². The summed E-state index contributed by atoms with van der Waals surface area (Å²) in [4.78, 5) is 28.1. The highest BCUT2D eigenvalue weighted by Crippen LogP contribution is 2.54. The summed E-state index contributed by atoms with van der Waals surface area (Å²) >= 11 is 12.7. The van der Waals surface area contributed by atoms with Gasteiger partial charge in [0.15, 0.2) is 0 Å². The quantitative estimate of drug-likeness (QED) is 0.797. The number of nitrogens with zero attached hydrogens (tertiary/aromatic N) is 2. The SMILES string of the molecule is CCN(CC(=O)O)C1CCN(C(=O)C2(c3c(Cl)cccc3Cl)CC2)CC1. The van der Waals surface area contributed by atoms with Crippen LogP contribution in [0.1, 0.15) is 38.2 Å². The van der Waals surface area contributed by atoms with Crippen molar-refractivity contribution in [1.82, 2.24) is 9.80 Å². The summed E-state index contributed by atoms with van der Waals surface area (Å²) < 4.78 is 0. The Morgan fingerprint density at radius 1 is 1.23 bits per heavy atom. The number of benzene rings is 1. The molecule has 0 spiro atoms. The van der Waals surface area contributed by atoms with Crippen molar-refractivity contribution in [2.24, 2.45) is 0 Å². The van der Waals surface area contributed by atoms with E-state index >= 15 is 0 Å². The highest BCUT2D eigenvalue weighted by atomic mass is 35.5. The van der Waals surface area contributed by atoms with Gasteiger partial charge in [0.25, 0.3) is 0 Å². The first-order chi connectivity index (χ1) is 12.4. The van der Waals surface area contributed by atoms with Gasteiger partial charge < -0.3 is 10.0 Å². The number of carbonyl (C=O) groups is 2. The van der Waals surface area contributed by atoms with Crippen LogP contribution in [0.2, 0.25) is 10.0 Å². The maximum atomic E-state index is 13.2. The van der Waals surface area contributed by atoms with E-state index in [1.807, 2.05) is 16.7 Å². The number of aliphatic carboxylic acids is 1. The Balaban J connectivity index is 1.68.